The monoisotopic (exact) mass is 456 g/mol. The molecule has 2 aromatic heterocycles. The summed E-state index contributed by atoms with van der Waals surface area (Å²) in [7, 11) is 0. The van der Waals surface area contributed by atoms with Crippen LogP contribution in [0.5, 0.6) is 11.5 Å². The fourth-order valence-electron chi connectivity index (χ4n) is 4.74. The number of nitrogens with zero attached hydrogens (tertiary/aromatic N) is 3. The Morgan fingerprint density at radius 1 is 1.00 bits per heavy atom. The average Bonchev–Trinajstić information content (AvgIpc) is 3.25. The summed E-state index contributed by atoms with van der Waals surface area (Å²) in [6, 6.07) is 18.3. The molecular formula is C26H28N6O2. The number of primary amides is 1. The number of nitrogen functional groups attached to an aromatic ring is 1. The molecule has 1 aliphatic carbocycles. The first-order valence-electron chi connectivity index (χ1n) is 11.5. The molecule has 0 unspecified atom stereocenters. The van der Waals surface area contributed by atoms with Crippen molar-refractivity contribution < 1.29 is 9.53 Å². The number of hydrogen-bond acceptors (Lipinski definition) is 6. The average molecular weight is 457 g/mol. The molecule has 5 rings (SSSR count). The second-order valence-corrected chi connectivity index (χ2v) is 8.70. The zero-order valence-electron chi connectivity index (χ0n) is 18.9. The second-order valence-electron chi connectivity index (χ2n) is 8.70. The Hall–Kier alpha value is -3.91. The Morgan fingerprint density at radius 3 is 2.41 bits per heavy atom. The summed E-state index contributed by atoms with van der Waals surface area (Å²) in [6.45, 7) is 0.222. The van der Waals surface area contributed by atoms with Crippen LogP contribution < -0.4 is 21.5 Å². The van der Waals surface area contributed by atoms with Gasteiger partial charge in [0, 0.05) is 23.8 Å². The lowest BCUT2D eigenvalue weighted by Gasteiger charge is -2.30. The molecule has 1 amide bonds. The van der Waals surface area contributed by atoms with E-state index in [0.29, 0.717) is 17.9 Å². The highest BCUT2D eigenvalue weighted by molar-refractivity contribution is 6.00. The molecule has 8 heteroatoms. The summed E-state index contributed by atoms with van der Waals surface area (Å²) < 4.78 is 8.17. The van der Waals surface area contributed by atoms with E-state index in [-0.39, 0.29) is 12.5 Å². The molecule has 0 saturated heterocycles. The number of nitrogens with one attached hydrogen (secondary N) is 1. The normalized spacial score (nSPS) is 18.1. The summed E-state index contributed by atoms with van der Waals surface area (Å²) in [5.41, 5.74) is 14.5. The van der Waals surface area contributed by atoms with E-state index in [4.69, 9.17) is 16.2 Å². The third kappa shape index (κ3) is 4.58. The standard InChI is InChI=1S/C26H28N6O2/c27-23(33)14-29-18-8-10-19(11-9-18)32-15-22(24-25(28)30-16-31-26(24)32)17-6-12-21(13-7-17)34-20-4-2-1-3-5-20/h1-7,12-13,15-16,18-19,29H,8-11,14H2,(H2,27,33)(H2,28,30,31)/t18-,19+. The topological polar surface area (TPSA) is 121 Å². The zero-order chi connectivity index (χ0) is 23.5. The number of amides is 1. The van der Waals surface area contributed by atoms with Gasteiger partial charge in [-0.15, -0.1) is 0 Å². The van der Waals surface area contributed by atoms with Crippen LogP contribution in [0.15, 0.2) is 67.1 Å². The molecule has 1 fully saturated rings. The molecule has 0 aliphatic heterocycles. The Morgan fingerprint density at radius 2 is 1.71 bits per heavy atom. The van der Waals surface area contributed by atoms with Gasteiger partial charge >= 0.3 is 0 Å². The van der Waals surface area contributed by atoms with Crippen LogP contribution in [0, 0.1) is 0 Å². The largest absolute Gasteiger partial charge is 0.457 e. The second kappa shape index (κ2) is 9.52. The molecule has 1 saturated carbocycles. The number of benzene rings is 2. The predicted molar refractivity (Wildman–Crippen MR) is 132 cm³/mol. The number of fused-ring (bicyclic) bond motifs is 1. The maximum atomic E-state index is 11.1. The molecule has 174 valence electrons. The summed E-state index contributed by atoms with van der Waals surface area (Å²) in [5.74, 6) is 1.71. The van der Waals surface area contributed by atoms with E-state index >= 15 is 0 Å². The van der Waals surface area contributed by atoms with E-state index in [0.717, 1.165) is 59.3 Å². The zero-order valence-corrected chi connectivity index (χ0v) is 18.9. The fraction of sp³-hybridized carbons (Fsp3) is 0.269. The Kier molecular flexibility index (Phi) is 6.14. The number of hydrogen-bond donors (Lipinski definition) is 3. The molecule has 0 radical (unpaired) electrons. The highest BCUT2D eigenvalue weighted by Crippen LogP contribution is 2.38. The van der Waals surface area contributed by atoms with Crippen LogP contribution in [-0.2, 0) is 4.79 Å². The van der Waals surface area contributed by atoms with Gasteiger partial charge in [0.05, 0.1) is 11.9 Å². The molecule has 0 atom stereocenters. The lowest BCUT2D eigenvalue weighted by atomic mass is 9.91. The summed E-state index contributed by atoms with van der Waals surface area (Å²) in [4.78, 5) is 19.9. The van der Waals surface area contributed by atoms with Crippen molar-refractivity contribution in [1.29, 1.82) is 0 Å². The van der Waals surface area contributed by atoms with Gasteiger partial charge in [0.2, 0.25) is 5.91 Å². The number of rotatable bonds is 7. The summed E-state index contributed by atoms with van der Waals surface area (Å²) >= 11 is 0. The van der Waals surface area contributed by atoms with E-state index in [9.17, 15) is 4.79 Å². The lowest BCUT2D eigenvalue weighted by Crippen LogP contribution is -2.39. The number of anilines is 1. The fourth-order valence-corrected chi connectivity index (χ4v) is 4.74. The van der Waals surface area contributed by atoms with Crippen molar-refractivity contribution >= 4 is 22.8 Å². The minimum absolute atomic E-state index is 0.222. The molecule has 34 heavy (non-hydrogen) atoms. The minimum atomic E-state index is -0.324. The van der Waals surface area contributed by atoms with Gasteiger partial charge in [0.1, 0.15) is 29.3 Å². The maximum absolute atomic E-state index is 11.1. The van der Waals surface area contributed by atoms with Crippen molar-refractivity contribution in [2.24, 2.45) is 5.73 Å². The summed E-state index contributed by atoms with van der Waals surface area (Å²) in [5, 5.41) is 4.12. The van der Waals surface area contributed by atoms with Gasteiger partial charge in [-0.3, -0.25) is 4.79 Å². The third-order valence-electron chi connectivity index (χ3n) is 6.44. The van der Waals surface area contributed by atoms with Gasteiger partial charge in [0.15, 0.2) is 0 Å². The van der Waals surface area contributed by atoms with Crippen LogP contribution in [0.4, 0.5) is 5.82 Å². The van der Waals surface area contributed by atoms with Crippen molar-refractivity contribution in [3.05, 3.63) is 67.1 Å². The first kappa shape index (κ1) is 21.9. The van der Waals surface area contributed by atoms with Gasteiger partial charge < -0.3 is 26.1 Å². The van der Waals surface area contributed by atoms with Crippen LogP contribution >= 0.6 is 0 Å². The van der Waals surface area contributed by atoms with Crippen molar-refractivity contribution in [3.63, 3.8) is 0 Å². The first-order valence-corrected chi connectivity index (χ1v) is 11.5. The third-order valence-corrected chi connectivity index (χ3v) is 6.44. The number of carbonyl (C=O) groups excluding carboxylic acids is 1. The SMILES string of the molecule is NC(=O)CN[C@H]1CC[C@@H](n2cc(-c3ccc(Oc4ccccc4)cc3)c3c(N)ncnc32)CC1. The van der Waals surface area contributed by atoms with E-state index in [1.54, 1.807) is 0 Å². The number of para-hydroxylation sites is 1. The van der Waals surface area contributed by atoms with E-state index in [1.807, 2.05) is 54.6 Å². The van der Waals surface area contributed by atoms with Gasteiger partial charge in [-0.05, 0) is 55.5 Å². The van der Waals surface area contributed by atoms with Crippen molar-refractivity contribution in [2.75, 3.05) is 12.3 Å². The number of aromatic nitrogens is 3. The van der Waals surface area contributed by atoms with Crippen LogP contribution in [-0.4, -0.2) is 33.0 Å². The highest BCUT2D eigenvalue weighted by Gasteiger charge is 2.25. The highest BCUT2D eigenvalue weighted by atomic mass is 16.5. The van der Waals surface area contributed by atoms with Crippen molar-refractivity contribution in [2.45, 2.75) is 37.8 Å². The lowest BCUT2D eigenvalue weighted by molar-refractivity contribution is -0.117. The molecule has 0 spiro atoms. The van der Waals surface area contributed by atoms with Crippen LogP contribution in [0.1, 0.15) is 31.7 Å². The molecule has 5 N–H and O–H groups in total. The number of carbonyl (C=O) groups is 1. The van der Waals surface area contributed by atoms with Gasteiger partial charge in [0.25, 0.3) is 0 Å². The number of ether oxygens (including phenoxy) is 1. The Balaban J connectivity index is 1.40. The van der Waals surface area contributed by atoms with E-state index in [1.165, 1.54) is 6.33 Å². The first-order chi connectivity index (χ1) is 16.6. The molecule has 1 aliphatic rings. The van der Waals surface area contributed by atoms with Crippen LogP contribution in [0.2, 0.25) is 0 Å². The molecule has 0 bridgehead atoms. The van der Waals surface area contributed by atoms with Gasteiger partial charge in [-0.25, -0.2) is 9.97 Å². The van der Waals surface area contributed by atoms with E-state index in [2.05, 4.69) is 26.0 Å². The minimum Gasteiger partial charge on any atom is -0.457 e. The van der Waals surface area contributed by atoms with Crippen molar-refractivity contribution in [3.8, 4) is 22.6 Å². The summed E-state index contributed by atoms with van der Waals surface area (Å²) in [6.07, 6.45) is 7.57. The van der Waals surface area contributed by atoms with Crippen molar-refractivity contribution in [1.82, 2.24) is 19.9 Å². The maximum Gasteiger partial charge on any atom is 0.231 e. The Bertz CT molecular complexity index is 1280. The molecular weight excluding hydrogens is 428 g/mol. The Labute approximate surface area is 198 Å². The van der Waals surface area contributed by atoms with Gasteiger partial charge in [-0.2, -0.15) is 0 Å². The van der Waals surface area contributed by atoms with Crippen LogP contribution in [0.3, 0.4) is 0 Å². The van der Waals surface area contributed by atoms with E-state index < -0.39 is 0 Å². The molecule has 2 heterocycles. The molecule has 4 aromatic rings. The number of nitrogens with two attached hydrogens (primary N) is 2. The predicted octanol–water partition coefficient (Wildman–Crippen LogP) is 4.03. The molecule has 2 aromatic carbocycles. The molecule has 8 nitrogen and oxygen atoms in total. The smallest absolute Gasteiger partial charge is 0.231 e. The van der Waals surface area contributed by atoms with Crippen LogP contribution in [0.25, 0.3) is 22.2 Å². The quantitative estimate of drug-likeness (QED) is 0.386. The van der Waals surface area contributed by atoms with Gasteiger partial charge in [-0.1, -0.05) is 30.3 Å².